The van der Waals surface area contributed by atoms with Crippen molar-refractivity contribution in [3.05, 3.63) is 23.9 Å². The minimum atomic E-state index is 0.130. The highest BCUT2D eigenvalue weighted by Gasteiger charge is 2.20. The third-order valence-electron chi connectivity index (χ3n) is 3.82. The van der Waals surface area contributed by atoms with Crippen molar-refractivity contribution in [1.82, 2.24) is 9.88 Å². The molecule has 0 unspecified atom stereocenters. The van der Waals surface area contributed by atoms with Crippen molar-refractivity contribution >= 4 is 11.7 Å². The van der Waals surface area contributed by atoms with E-state index in [1.807, 2.05) is 6.20 Å². The van der Waals surface area contributed by atoms with Gasteiger partial charge in [0, 0.05) is 32.4 Å². The Balaban J connectivity index is 1.93. The Morgan fingerprint density at radius 2 is 1.95 bits per heavy atom. The highest BCUT2D eigenvalue weighted by atomic mass is 16.4. The van der Waals surface area contributed by atoms with Crippen molar-refractivity contribution in [2.24, 2.45) is 10.9 Å². The Bertz CT molecular complexity index is 484. The van der Waals surface area contributed by atoms with Gasteiger partial charge in [-0.3, -0.25) is 4.90 Å². The number of hydrogen-bond donors (Lipinski definition) is 2. The quantitative estimate of drug-likeness (QED) is 0.379. The molecule has 1 aromatic heterocycles. The molecular weight excluding hydrogens is 266 g/mol. The van der Waals surface area contributed by atoms with E-state index in [-0.39, 0.29) is 11.3 Å². The van der Waals surface area contributed by atoms with E-state index in [0.29, 0.717) is 6.54 Å². The number of amidine groups is 1. The lowest BCUT2D eigenvalue weighted by atomic mass is 9.88. The smallest absolute Gasteiger partial charge is 0.153 e. The van der Waals surface area contributed by atoms with Gasteiger partial charge >= 0.3 is 0 Å². The first-order chi connectivity index (χ1) is 9.90. The number of anilines is 1. The van der Waals surface area contributed by atoms with Crippen LogP contribution in [0.25, 0.3) is 0 Å². The summed E-state index contributed by atoms with van der Waals surface area (Å²) >= 11 is 0. The van der Waals surface area contributed by atoms with Gasteiger partial charge in [-0.25, -0.2) is 4.98 Å². The Hall–Kier alpha value is -1.82. The van der Waals surface area contributed by atoms with Gasteiger partial charge < -0.3 is 15.8 Å². The van der Waals surface area contributed by atoms with Gasteiger partial charge in [-0.2, -0.15) is 0 Å². The summed E-state index contributed by atoms with van der Waals surface area (Å²) in [5.41, 5.74) is 6.92. The molecule has 6 nitrogen and oxygen atoms in total. The molecule has 0 aromatic carbocycles. The number of hydrogen-bond acceptors (Lipinski definition) is 5. The summed E-state index contributed by atoms with van der Waals surface area (Å²) in [4.78, 5) is 9.04. The molecule has 2 rings (SSSR count). The molecule has 0 aliphatic carbocycles. The van der Waals surface area contributed by atoms with Crippen molar-refractivity contribution in [2.75, 3.05) is 37.6 Å². The third kappa shape index (κ3) is 4.07. The molecule has 1 fully saturated rings. The maximum atomic E-state index is 8.60. The molecule has 116 valence electrons. The lowest BCUT2D eigenvalue weighted by Gasteiger charge is -2.35. The van der Waals surface area contributed by atoms with Gasteiger partial charge in [-0.15, -0.1) is 0 Å². The van der Waals surface area contributed by atoms with Crippen molar-refractivity contribution < 1.29 is 5.21 Å². The van der Waals surface area contributed by atoms with Gasteiger partial charge in [-0.05, 0) is 17.0 Å². The van der Waals surface area contributed by atoms with E-state index in [1.54, 1.807) is 0 Å². The average molecular weight is 291 g/mol. The van der Waals surface area contributed by atoms with Crippen LogP contribution in [0.3, 0.4) is 0 Å². The number of rotatable bonds is 3. The number of oxime groups is 1. The predicted octanol–water partition coefficient (Wildman–Crippen LogP) is 1.25. The molecule has 2 heterocycles. The molecule has 1 saturated heterocycles. The van der Waals surface area contributed by atoms with E-state index in [4.69, 9.17) is 10.9 Å². The van der Waals surface area contributed by atoms with Crippen LogP contribution in [0.4, 0.5) is 5.82 Å². The first kappa shape index (κ1) is 15.6. The van der Waals surface area contributed by atoms with Crippen molar-refractivity contribution in [1.29, 1.82) is 0 Å². The molecule has 6 heteroatoms. The molecule has 1 aliphatic heterocycles. The van der Waals surface area contributed by atoms with Crippen LogP contribution in [0.2, 0.25) is 0 Å². The molecule has 1 aromatic rings. The molecule has 0 atom stereocenters. The molecular formula is C15H25N5O. The summed E-state index contributed by atoms with van der Waals surface area (Å²) in [7, 11) is 0. The Morgan fingerprint density at radius 3 is 2.43 bits per heavy atom. The third-order valence-corrected chi connectivity index (χ3v) is 3.82. The summed E-state index contributed by atoms with van der Waals surface area (Å²) < 4.78 is 0. The van der Waals surface area contributed by atoms with Gasteiger partial charge in [0.25, 0.3) is 0 Å². The topological polar surface area (TPSA) is 78.0 Å². The van der Waals surface area contributed by atoms with Crippen molar-refractivity contribution in [3.63, 3.8) is 0 Å². The molecule has 0 spiro atoms. The van der Waals surface area contributed by atoms with Crippen LogP contribution in [0, 0.1) is 0 Å². The molecule has 1 aliphatic rings. The largest absolute Gasteiger partial charge is 0.409 e. The fraction of sp³-hybridized carbons (Fsp3) is 0.600. The van der Waals surface area contributed by atoms with Crippen LogP contribution >= 0.6 is 0 Å². The van der Waals surface area contributed by atoms with Crippen molar-refractivity contribution in [3.8, 4) is 0 Å². The zero-order chi connectivity index (χ0) is 15.5. The molecule has 0 saturated carbocycles. The highest BCUT2D eigenvalue weighted by Crippen LogP contribution is 2.23. The van der Waals surface area contributed by atoms with E-state index < -0.39 is 0 Å². The summed E-state index contributed by atoms with van der Waals surface area (Å²) in [6.07, 6.45) is 1.97. The summed E-state index contributed by atoms with van der Waals surface area (Å²) in [5, 5.41) is 11.6. The maximum absolute atomic E-state index is 8.60. The zero-order valence-electron chi connectivity index (χ0n) is 13.1. The molecule has 3 N–H and O–H groups in total. The molecule has 21 heavy (non-hydrogen) atoms. The van der Waals surface area contributed by atoms with E-state index in [1.165, 1.54) is 5.56 Å². The second-order valence-electron chi connectivity index (χ2n) is 6.51. The van der Waals surface area contributed by atoms with Crippen LogP contribution in [0.1, 0.15) is 26.3 Å². The van der Waals surface area contributed by atoms with Crippen LogP contribution < -0.4 is 10.6 Å². The van der Waals surface area contributed by atoms with Gasteiger partial charge in [0.2, 0.25) is 0 Å². The number of pyridine rings is 1. The molecule has 0 amide bonds. The fourth-order valence-corrected chi connectivity index (χ4v) is 2.41. The molecule has 0 radical (unpaired) electrons. The van der Waals surface area contributed by atoms with Gasteiger partial charge in [-0.1, -0.05) is 32.0 Å². The van der Waals surface area contributed by atoms with Gasteiger partial charge in [0.1, 0.15) is 5.82 Å². The Kier molecular flexibility index (Phi) is 4.67. The van der Waals surface area contributed by atoms with Crippen molar-refractivity contribution in [2.45, 2.75) is 26.2 Å². The van der Waals surface area contributed by atoms with Gasteiger partial charge in [0.05, 0.1) is 6.54 Å². The Labute approximate surface area is 126 Å². The lowest BCUT2D eigenvalue weighted by molar-refractivity contribution is 0.278. The van der Waals surface area contributed by atoms with E-state index in [0.717, 1.165) is 32.0 Å². The standard InChI is InChI=1S/C15H25N5O/c1-15(2,3)12-4-5-14(17-10-12)20-8-6-19(7-9-20)11-13(16)18-21/h4-5,10,21H,6-9,11H2,1-3H3,(H2,16,18). The predicted molar refractivity (Wildman–Crippen MR) is 85.0 cm³/mol. The lowest BCUT2D eigenvalue weighted by Crippen LogP contribution is -2.49. The van der Waals surface area contributed by atoms with Crippen LogP contribution in [-0.2, 0) is 5.41 Å². The minimum Gasteiger partial charge on any atom is -0.409 e. The second-order valence-corrected chi connectivity index (χ2v) is 6.51. The summed E-state index contributed by atoms with van der Waals surface area (Å²) in [5.74, 6) is 1.28. The van der Waals surface area contributed by atoms with Crippen LogP contribution in [-0.4, -0.2) is 53.7 Å². The number of nitrogens with two attached hydrogens (primary N) is 1. The molecule has 0 bridgehead atoms. The van der Waals surface area contributed by atoms with Gasteiger partial charge in [0.15, 0.2) is 5.84 Å². The number of nitrogens with zero attached hydrogens (tertiary/aromatic N) is 4. The maximum Gasteiger partial charge on any atom is 0.153 e. The monoisotopic (exact) mass is 291 g/mol. The SMILES string of the molecule is CC(C)(C)c1ccc(N2CCN(C/C(N)=N/O)CC2)nc1. The van der Waals surface area contributed by atoms with E-state index >= 15 is 0 Å². The van der Waals surface area contributed by atoms with E-state index in [9.17, 15) is 0 Å². The second kappa shape index (κ2) is 6.30. The first-order valence-corrected chi connectivity index (χ1v) is 7.30. The minimum absolute atomic E-state index is 0.130. The first-order valence-electron chi connectivity index (χ1n) is 7.30. The summed E-state index contributed by atoms with van der Waals surface area (Å²) in [6.45, 7) is 10.7. The number of piperazine rings is 1. The zero-order valence-corrected chi connectivity index (χ0v) is 13.1. The number of aromatic nitrogens is 1. The highest BCUT2D eigenvalue weighted by molar-refractivity contribution is 5.81. The van der Waals surface area contributed by atoms with E-state index in [2.05, 4.69) is 52.8 Å². The average Bonchev–Trinajstić information content (AvgIpc) is 2.47. The van der Waals surface area contributed by atoms with Crippen LogP contribution in [0.5, 0.6) is 0 Å². The fourth-order valence-electron chi connectivity index (χ4n) is 2.41. The Morgan fingerprint density at radius 1 is 1.29 bits per heavy atom. The normalized spacial score (nSPS) is 18.0. The van der Waals surface area contributed by atoms with Crippen LogP contribution in [0.15, 0.2) is 23.5 Å². The summed E-state index contributed by atoms with van der Waals surface area (Å²) in [6, 6.07) is 4.25.